The van der Waals surface area contributed by atoms with Crippen molar-refractivity contribution < 1.29 is 19.5 Å². The van der Waals surface area contributed by atoms with E-state index >= 15 is 0 Å². The molecule has 0 spiro atoms. The average Bonchev–Trinajstić information content (AvgIpc) is 3.46. The van der Waals surface area contributed by atoms with Gasteiger partial charge in [-0.2, -0.15) is 0 Å². The van der Waals surface area contributed by atoms with E-state index in [0.29, 0.717) is 12.1 Å². The lowest BCUT2D eigenvalue weighted by Crippen LogP contribution is -2.23. The number of carboxylic acid groups (broad SMARTS) is 1. The summed E-state index contributed by atoms with van der Waals surface area (Å²) < 4.78 is 0. The molecule has 0 heterocycles. The van der Waals surface area contributed by atoms with E-state index in [2.05, 4.69) is 10.6 Å². The van der Waals surface area contributed by atoms with E-state index in [1.165, 1.54) is 18.2 Å². The first-order chi connectivity index (χ1) is 12.0. The van der Waals surface area contributed by atoms with Gasteiger partial charge in [-0.25, -0.2) is 4.79 Å². The lowest BCUT2D eigenvalue weighted by molar-refractivity contribution is -0.117. The number of aromatic carboxylic acids is 1. The zero-order chi connectivity index (χ0) is 17.8. The van der Waals surface area contributed by atoms with Crippen molar-refractivity contribution in [3.05, 3.63) is 65.2 Å². The predicted octanol–water partition coefficient (Wildman–Crippen LogP) is 2.66. The second kappa shape index (κ2) is 7.17. The maximum atomic E-state index is 12.1. The van der Waals surface area contributed by atoms with Crippen LogP contribution in [0.1, 0.15) is 39.1 Å². The van der Waals surface area contributed by atoms with Crippen LogP contribution < -0.4 is 10.6 Å². The molecule has 0 unspecified atom stereocenters. The molecule has 2 aromatic carbocycles. The summed E-state index contributed by atoms with van der Waals surface area (Å²) in [5, 5.41) is 14.6. The summed E-state index contributed by atoms with van der Waals surface area (Å²) in [5.41, 5.74) is 1.99. The Morgan fingerprint density at radius 2 is 1.68 bits per heavy atom. The lowest BCUT2D eigenvalue weighted by Gasteiger charge is -2.08. The second-order valence-corrected chi connectivity index (χ2v) is 6.03. The van der Waals surface area contributed by atoms with E-state index in [1.807, 2.05) is 12.1 Å². The third kappa shape index (κ3) is 4.44. The Morgan fingerprint density at radius 3 is 2.32 bits per heavy atom. The molecule has 2 amide bonds. The van der Waals surface area contributed by atoms with Crippen LogP contribution in [-0.2, 0) is 11.3 Å². The highest BCUT2D eigenvalue weighted by Crippen LogP contribution is 2.30. The van der Waals surface area contributed by atoms with E-state index in [-0.39, 0.29) is 23.3 Å². The average molecular weight is 338 g/mol. The van der Waals surface area contributed by atoms with Crippen molar-refractivity contribution in [1.82, 2.24) is 5.32 Å². The van der Waals surface area contributed by atoms with Crippen LogP contribution in [0.3, 0.4) is 0 Å². The second-order valence-electron chi connectivity index (χ2n) is 6.03. The number of rotatable bonds is 6. The molecule has 0 radical (unpaired) electrons. The molecule has 1 fully saturated rings. The Kier molecular flexibility index (Phi) is 4.79. The van der Waals surface area contributed by atoms with Crippen LogP contribution in [0.4, 0.5) is 5.69 Å². The fourth-order valence-electron chi connectivity index (χ4n) is 2.37. The van der Waals surface area contributed by atoms with Crippen molar-refractivity contribution >= 4 is 23.5 Å². The van der Waals surface area contributed by atoms with Gasteiger partial charge in [0.2, 0.25) is 5.91 Å². The Labute approximate surface area is 144 Å². The number of carbonyl (C=O) groups is 3. The van der Waals surface area contributed by atoms with Gasteiger partial charge in [-0.05, 0) is 48.7 Å². The molecule has 0 atom stereocenters. The lowest BCUT2D eigenvalue weighted by atomic mass is 10.1. The van der Waals surface area contributed by atoms with Crippen LogP contribution in [0.5, 0.6) is 0 Å². The highest BCUT2D eigenvalue weighted by atomic mass is 16.4. The monoisotopic (exact) mass is 338 g/mol. The van der Waals surface area contributed by atoms with Crippen molar-refractivity contribution in [1.29, 1.82) is 0 Å². The van der Waals surface area contributed by atoms with E-state index in [0.717, 1.165) is 24.1 Å². The normalized spacial score (nSPS) is 13.1. The standard InChI is InChI=1S/C19H18N2O4/c22-17(14-2-1-3-15(10-14)19(24)25)20-11-12-4-8-16(9-5-12)21-18(23)13-6-7-13/h1-5,8-10,13H,6-7,11H2,(H,20,22)(H,21,23)(H,24,25). The molecule has 0 saturated heterocycles. The summed E-state index contributed by atoms with van der Waals surface area (Å²) in [7, 11) is 0. The van der Waals surface area contributed by atoms with Crippen LogP contribution in [0, 0.1) is 5.92 Å². The highest BCUT2D eigenvalue weighted by Gasteiger charge is 2.29. The van der Waals surface area contributed by atoms with Crippen molar-refractivity contribution in [3.8, 4) is 0 Å². The number of carbonyl (C=O) groups excluding carboxylic acids is 2. The van der Waals surface area contributed by atoms with Gasteiger partial charge in [-0.1, -0.05) is 18.2 Å². The molecular weight excluding hydrogens is 320 g/mol. The molecule has 1 aliphatic carbocycles. The van der Waals surface area contributed by atoms with Gasteiger partial charge in [-0.15, -0.1) is 0 Å². The van der Waals surface area contributed by atoms with Crippen LogP contribution in [-0.4, -0.2) is 22.9 Å². The molecule has 2 aromatic rings. The molecule has 128 valence electrons. The van der Waals surface area contributed by atoms with Gasteiger partial charge < -0.3 is 15.7 Å². The molecule has 6 nitrogen and oxygen atoms in total. The fraction of sp³-hybridized carbons (Fsp3) is 0.211. The van der Waals surface area contributed by atoms with Crippen molar-refractivity contribution in [2.24, 2.45) is 5.92 Å². The van der Waals surface area contributed by atoms with Gasteiger partial charge in [0.15, 0.2) is 0 Å². The molecule has 3 rings (SSSR count). The number of nitrogens with one attached hydrogen (secondary N) is 2. The van der Waals surface area contributed by atoms with E-state index in [4.69, 9.17) is 5.11 Å². The molecule has 25 heavy (non-hydrogen) atoms. The summed E-state index contributed by atoms with van der Waals surface area (Å²) in [6, 6.07) is 13.1. The third-order valence-corrected chi connectivity index (χ3v) is 3.99. The number of hydrogen-bond acceptors (Lipinski definition) is 3. The molecule has 6 heteroatoms. The molecule has 3 N–H and O–H groups in total. The molecule has 0 aromatic heterocycles. The third-order valence-electron chi connectivity index (χ3n) is 3.99. The minimum atomic E-state index is -1.07. The molecule has 1 saturated carbocycles. The summed E-state index contributed by atoms with van der Waals surface area (Å²) in [5.74, 6) is -1.20. The Morgan fingerprint density at radius 1 is 1.00 bits per heavy atom. The molecule has 0 bridgehead atoms. The van der Waals surface area contributed by atoms with Gasteiger partial charge in [-0.3, -0.25) is 9.59 Å². The number of anilines is 1. The summed E-state index contributed by atoms with van der Waals surface area (Å²) >= 11 is 0. The van der Waals surface area contributed by atoms with E-state index < -0.39 is 5.97 Å². The van der Waals surface area contributed by atoms with E-state index in [1.54, 1.807) is 18.2 Å². The van der Waals surface area contributed by atoms with E-state index in [9.17, 15) is 14.4 Å². The SMILES string of the molecule is O=C(O)c1cccc(C(=O)NCc2ccc(NC(=O)C3CC3)cc2)c1. The smallest absolute Gasteiger partial charge is 0.335 e. The number of carboxylic acids is 1. The summed E-state index contributed by atoms with van der Waals surface area (Å²) in [6.07, 6.45) is 1.91. The zero-order valence-corrected chi connectivity index (χ0v) is 13.5. The van der Waals surface area contributed by atoms with Gasteiger partial charge in [0.25, 0.3) is 5.91 Å². The van der Waals surface area contributed by atoms with Crippen molar-refractivity contribution in [2.75, 3.05) is 5.32 Å². The van der Waals surface area contributed by atoms with Gasteiger partial charge in [0.05, 0.1) is 5.56 Å². The first-order valence-corrected chi connectivity index (χ1v) is 8.04. The Bertz CT molecular complexity index is 810. The molecule has 1 aliphatic rings. The number of benzene rings is 2. The Hall–Kier alpha value is -3.15. The minimum absolute atomic E-state index is 0.0550. The molecule has 0 aliphatic heterocycles. The van der Waals surface area contributed by atoms with Crippen LogP contribution >= 0.6 is 0 Å². The van der Waals surface area contributed by atoms with Crippen LogP contribution in [0.25, 0.3) is 0 Å². The maximum Gasteiger partial charge on any atom is 0.335 e. The van der Waals surface area contributed by atoms with Crippen molar-refractivity contribution in [2.45, 2.75) is 19.4 Å². The van der Waals surface area contributed by atoms with Crippen LogP contribution in [0.2, 0.25) is 0 Å². The predicted molar refractivity (Wildman–Crippen MR) is 92.4 cm³/mol. The van der Waals surface area contributed by atoms with Crippen LogP contribution in [0.15, 0.2) is 48.5 Å². The number of amides is 2. The maximum absolute atomic E-state index is 12.1. The topological polar surface area (TPSA) is 95.5 Å². The largest absolute Gasteiger partial charge is 0.478 e. The number of hydrogen-bond donors (Lipinski definition) is 3. The minimum Gasteiger partial charge on any atom is -0.478 e. The zero-order valence-electron chi connectivity index (χ0n) is 13.5. The van der Waals surface area contributed by atoms with Crippen molar-refractivity contribution in [3.63, 3.8) is 0 Å². The molecular formula is C19H18N2O4. The fourth-order valence-corrected chi connectivity index (χ4v) is 2.37. The quantitative estimate of drug-likeness (QED) is 0.754. The summed E-state index contributed by atoms with van der Waals surface area (Å²) in [6.45, 7) is 0.312. The van der Waals surface area contributed by atoms with Gasteiger partial charge >= 0.3 is 5.97 Å². The summed E-state index contributed by atoms with van der Waals surface area (Å²) in [4.78, 5) is 34.8. The van der Waals surface area contributed by atoms with Gasteiger partial charge in [0, 0.05) is 23.7 Å². The Balaban J connectivity index is 1.55. The first kappa shape index (κ1) is 16.7. The highest BCUT2D eigenvalue weighted by molar-refractivity contribution is 5.97. The van der Waals surface area contributed by atoms with Gasteiger partial charge in [0.1, 0.15) is 0 Å². The first-order valence-electron chi connectivity index (χ1n) is 8.04.